The standard InChI is InChI=1S/C15H13BrFN3O/c1-8(11-6-9(16)2-4-12(11)17)18-10-3-5-13-14(7-10)20-15(21)19-13/h2-8,18H,1H3,(H2,19,20,21). The van der Waals surface area contributed by atoms with Gasteiger partial charge in [-0.05, 0) is 43.3 Å². The van der Waals surface area contributed by atoms with Gasteiger partial charge in [-0.2, -0.15) is 0 Å². The molecule has 6 heteroatoms. The molecular weight excluding hydrogens is 337 g/mol. The Morgan fingerprint density at radius 3 is 2.71 bits per heavy atom. The van der Waals surface area contributed by atoms with E-state index in [9.17, 15) is 9.18 Å². The van der Waals surface area contributed by atoms with Gasteiger partial charge in [0.2, 0.25) is 0 Å². The highest BCUT2D eigenvalue weighted by molar-refractivity contribution is 9.10. The second kappa shape index (κ2) is 5.37. The third-order valence-electron chi connectivity index (χ3n) is 3.32. The first kappa shape index (κ1) is 13.9. The van der Waals surface area contributed by atoms with Crippen molar-refractivity contribution in [1.82, 2.24) is 9.97 Å². The van der Waals surface area contributed by atoms with Crippen LogP contribution >= 0.6 is 15.9 Å². The Bertz CT molecular complexity index is 855. The molecule has 3 aromatic rings. The van der Waals surface area contributed by atoms with E-state index in [0.717, 1.165) is 15.7 Å². The van der Waals surface area contributed by atoms with Gasteiger partial charge in [0.25, 0.3) is 0 Å². The van der Waals surface area contributed by atoms with Gasteiger partial charge in [-0.3, -0.25) is 0 Å². The zero-order valence-corrected chi connectivity index (χ0v) is 12.8. The summed E-state index contributed by atoms with van der Waals surface area (Å²) in [5.41, 5.74) is 2.60. The van der Waals surface area contributed by atoms with Gasteiger partial charge in [-0.15, -0.1) is 0 Å². The number of anilines is 1. The van der Waals surface area contributed by atoms with E-state index in [0.29, 0.717) is 11.1 Å². The molecule has 1 aromatic heterocycles. The van der Waals surface area contributed by atoms with Gasteiger partial charge >= 0.3 is 5.69 Å². The molecule has 0 bridgehead atoms. The molecule has 0 saturated heterocycles. The number of imidazole rings is 1. The topological polar surface area (TPSA) is 60.7 Å². The Morgan fingerprint density at radius 1 is 1.14 bits per heavy atom. The lowest BCUT2D eigenvalue weighted by molar-refractivity contribution is 0.600. The number of aromatic nitrogens is 2. The number of halogens is 2. The first-order valence-corrected chi connectivity index (χ1v) is 7.26. The molecule has 3 rings (SSSR count). The van der Waals surface area contributed by atoms with E-state index in [-0.39, 0.29) is 17.5 Å². The highest BCUT2D eigenvalue weighted by atomic mass is 79.9. The Balaban J connectivity index is 1.90. The van der Waals surface area contributed by atoms with E-state index < -0.39 is 0 Å². The normalized spacial score (nSPS) is 12.5. The van der Waals surface area contributed by atoms with Gasteiger partial charge in [-0.1, -0.05) is 15.9 Å². The average Bonchev–Trinajstić information content (AvgIpc) is 2.80. The monoisotopic (exact) mass is 349 g/mol. The van der Waals surface area contributed by atoms with E-state index in [2.05, 4.69) is 31.2 Å². The summed E-state index contributed by atoms with van der Waals surface area (Å²) < 4.78 is 14.7. The van der Waals surface area contributed by atoms with Gasteiger partial charge in [0.1, 0.15) is 5.82 Å². The van der Waals surface area contributed by atoms with Crippen LogP contribution in [0.1, 0.15) is 18.5 Å². The molecule has 0 amide bonds. The lowest BCUT2D eigenvalue weighted by Gasteiger charge is -2.16. The van der Waals surface area contributed by atoms with Crippen molar-refractivity contribution in [3.63, 3.8) is 0 Å². The SMILES string of the molecule is CC(Nc1ccc2[nH]c(=O)[nH]c2c1)c1cc(Br)ccc1F. The summed E-state index contributed by atoms with van der Waals surface area (Å²) in [6.07, 6.45) is 0. The van der Waals surface area contributed by atoms with E-state index >= 15 is 0 Å². The second-order valence-electron chi connectivity index (χ2n) is 4.87. The quantitative estimate of drug-likeness (QED) is 0.670. The van der Waals surface area contributed by atoms with Crippen LogP contribution in [0.3, 0.4) is 0 Å². The highest BCUT2D eigenvalue weighted by Crippen LogP contribution is 2.25. The molecule has 2 aromatic carbocycles. The molecule has 0 spiro atoms. The van der Waals surface area contributed by atoms with Crippen molar-refractivity contribution in [2.75, 3.05) is 5.32 Å². The summed E-state index contributed by atoms with van der Waals surface area (Å²) in [5.74, 6) is -0.255. The fourth-order valence-corrected chi connectivity index (χ4v) is 2.68. The number of hydrogen-bond donors (Lipinski definition) is 3. The molecular formula is C15H13BrFN3O. The number of fused-ring (bicyclic) bond motifs is 1. The molecule has 3 N–H and O–H groups in total. The molecule has 1 unspecified atom stereocenters. The van der Waals surface area contributed by atoms with E-state index in [1.54, 1.807) is 18.2 Å². The van der Waals surface area contributed by atoms with Gasteiger partial charge in [0.15, 0.2) is 0 Å². The molecule has 21 heavy (non-hydrogen) atoms. The minimum Gasteiger partial charge on any atom is -0.378 e. The number of aromatic amines is 2. The van der Waals surface area contributed by atoms with Crippen molar-refractivity contribution in [3.05, 3.63) is 62.7 Å². The number of hydrogen-bond acceptors (Lipinski definition) is 2. The Labute approximate surface area is 128 Å². The molecule has 4 nitrogen and oxygen atoms in total. The Hall–Kier alpha value is -2.08. The number of H-pyrrole nitrogens is 2. The summed E-state index contributed by atoms with van der Waals surface area (Å²) in [7, 11) is 0. The maximum atomic E-state index is 13.9. The average molecular weight is 350 g/mol. The van der Waals surface area contributed by atoms with Crippen LogP contribution < -0.4 is 11.0 Å². The first-order chi connectivity index (χ1) is 10.0. The van der Waals surface area contributed by atoms with Crippen LogP contribution in [0.2, 0.25) is 0 Å². The summed E-state index contributed by atoms with van der Waals surface area (Å²) in [6, 6.07) is 10.1. The summed E-state index contributed by atoms with van der Waals surface area (Å²) in [6.45, 7) is 1.88. The van der Waals surface area contributed by atoms with Crippen molar-refractivity contribution in [2.24, 2.45) is 0 Å². The maximum absolute atomic E-state index is 13.9. The molecule has 0 aliphatic heterocycles. The third-order valence-corrected chi connectivity index (χ3v) is 3.82. The fraction of sp³-hybridized carbons (Fsp3) is 0.133. The van der Waals surface area contributed by atoms with Gasteiger partial charge in [0, 0.05) is 15.7 Å². The van der Waals surface area contributed by atoms with E-state index in [1.807, 2.05) is 19.1 Å². The number of nitrogens with one attached hydrogen (secondary N) is 3. The van der Waals surface area contributed by atoms with Crippen LogP contribution in [0, 0.1) is 5.82 Å². The zero-order valence-electron chi connectivity index (χ0n) is 11.2. The van der Waals surface area contributed by atoms with Crippen LogP contribution in [0.25, 0.3) is 11.0 Å². The predicted octanol–water partition coefficient (Wildman–Crippen LogP) is 3.93. The minimum atomic E-state index is -0.255. The van der Waals surface area contributed by atoms with Crippen LogP contribution in [-0.4, -0.2) is 9.97 Å². The molecule has 0 fully saturated rings. The Kier molecular flexibility index (Phi) is 3.55. The van der Waals surface area contributed by atoms with E-state index in [1.165, 1.54) is 6.07 Å². The molecule has 0 radical (unpaired) electrons. The van der Waals surface area contributed by atoms with Crippen LogP contribution in [-0.2, 0) is 0 Å². The van der Waals surface area contributed by atoms with Crippen molar-refractivity contribution in [1.29, 1.82) is 0 Å². The van der Waals surface area contributed by atoms with Crippen molar-refractivity contribution < 1.29 is 4.39 Å². The summed E-state index contributed by atoms with van der Waals surface area (Å²) in [5, 5.41) is 3.23. The van der Waals surface area contributed by atoms with Crippen molar-refractivity contribution in [3.8, 4) is 0 Å². The zero-order chi connectivity index (χ0) is 15.0. The van der Waals surface area contributed by atoms with Gasteiger partial charge in [-0.25, -0.2) is 9.18 Å². The smallest absolute Gasteiger partial charge is 0.323 e. The maximum Gasteiger partial charge on any atom is 0.323 e. The lowest BCUT2D eigenvalue weighted by atomic mass is 10.1. The number of benzene rings is 2. The van der Waals surface area contributed by atoms with Crippen LogP contribution in [0.15, 0.2) is 45.7 Å². The molecule has 1 atom stereocenters. The molecule has 1 heterocycles. The molecule has 108 valence electrons. The third kappa shape index (κ3) is 2.85. The Morgan fingerprint density at radius 2 is 1.90 bits per heavy atom. The summed E-state index contributed by atoms with van der Waals surface area (Å²) in [4.78, 5) is 16.6. The highest BCUT2D eigenvalue weighted by Gasteiger charge is 2.12. The fourth-order valence-electron chi connectivity index (χ4n) is 2.30. The predicted molar refractivity (Wildman–Crippen MR) is 85.1 cm³/mol. The lowest BCUT2D eigenvalue weighted by Crippen LogP contribution is -2.08. The summed E-state index contributed by atoms with van der Waals surface area (Å²) >= 11 is 3.35. The van der Waals surface area contributed by atoms with Crippen molar-refractivity contribution >= 4 is 32.7 Å². The molecule has 0 saturated carbocycles. The van der Waals surface area contributed by atoms with Gasteiger partial charge < -0.3 is 15.3 Å². The van der Waals surface area contributed by atoms with Crippen LogP contribution in [0.4, 0.5) is 10.1 Å². The minimum absolute atomic E-state index is 0.203. The van der Waals surface area contributed by atoms with Gasteiger partial charge in [0.05, 0.1) is 17.1 Å². The molecule has 0 aliphatic rings. The molecule has 0 aliphatic carbocycles. The van der Waals surface area contributed by atoms with Crippen molar-refractivity contribution in [2.45, 2.75) is 13.0 Å². The first-order valence-electron chi connectivity index (χ1n) is 6.46. The van der Waals surface area contributed by atoms with E-state index in [4.69, 9.17) is 0 Å². The number of rotatable bonds is 3. The largest absolute Gasteiger partial charge is 0.378 e. The van der Waals surface area contributed by atoms with Crippen LogP contribution in [0.5, 0.6) is 0 Å². The second-order valence-corrected chi connectivity index (χ2v) is 5.79.